The molecule has 0 heterocycles. The van der Waals surface area contributed by atoms with Crippen molar-refractivity contribution in [1.29, 1.82) is 0 Å². The minimum atomic E-state index is -0.0317. The van der Waals surface area contributed by atoms with Crippen LogP contribution in [0.25, 0.3) is 0 Å². The van der Waals surface area contributed by atoms with Crippen molar-refractivity contribution in [2.45, 2.75) is 40.0 Å². The molecule has 1 atom stereocenters. The molecule has 0 aliphatic rings. The van der Waals surface area contributed by atoms with Gasteiger partial charge < -0.3 is 4.74 Å². The summed E-state index contributed by atoms with van der Waals surface area (Å²) >= 11 is 0. The van der Waals surface area contributed by atoms with Crippen LogP contribution in [0.5, 0.6) is 11.5 Å². The second-order valence-corrected chi connectivity index (χ2v) is 5.98. The Morgan fingerprint density at radius 1 is 1.05 bits per heavy atom. The number of Topliss-reactive ketones (excluding diaryl/α,β-unsaturated/α-hetero) is 1. The summed E-state index contributed by atoms with van der Waals surface area (Å²) in [5.74, 6) is 2.19. The molecule has 22 heavy (non-hydrogen) atoms. The number of hydrogen-bond donors (Lipinski definition) is 0. The van der Waals surface area contributed by atoms with Crippen LogP contribution >= 0.6 is 0 Å². The summed E-state index contributed by atoms with van der Waals surface area (Å²) in [5.41, 5.74) is 2.22. The van der Waals surface area contributed by atoms with E-state index in [1.807, 2.05) is 62.4 Å². The summed E-state index contributed by atoms with van der Waals surface area (Å²) in [7, 11) is 0. The zero-order valence-corrected chi connectivity index (χ0v) is 13.8. The van der Waals surface area contributed by atoms with Crippen molar-refractivity contribution in [1.82, 2.24) is 0 Å². The van der Waals surface area contributed by atoms with Gasteiger partial charge in [0.2, 0.25) is 0 Å². The molecule has 2 aromatic rings. The van der Waals surface area contributed by atoms with Gasteiger partial charge >= 0.3 is 0 Å². The number of benzene rings is 2. The molecule has 0 aliphatic heterocycles. The molecule has 2 nitrogen and oxygen atoms in total. The lowest BCUT2D eigenvalue weighted by Crippen LogP contribution is -2.18. The smallest absolute Gasteiger partial charge is 0.140 e. The lowest BCUT2D eigenvalue weighted by atomic mass is 9.82. The van der Waals surface area contributed by atoms with Gasteiger partial charge in [-0.1, -0.05) is 45.0 Å². The molecular weight excluding hydrogens is 272 g/mol. The minimum Gasteiger partial charge on any atom is -0.457 e. The molecule has 0 aliphatic carbocycles. The van der Waals surface area contributed by atoms with Gasteiger partial charge in [-0.15, -0.1) is 0 Å². The third kappa shape index (κ3) is 3.76. The summed E-state index contributed by atoms with van der Waals surface area (Å²) < 4.78 is 5.86. The highest BCUT2D eigenvalue weighted by Crippen LogP contribution is 2.32. The Hall–Kier alpha value is -2.09. The summed E-state index contributed by atoms with van der Waals surface area (Å²) in [6.07, 6.45) is 0.574. The number of ketones is 1. The first-order valence-corrected chi connectivity index (χ1v) is 7.89. The zero-order chi connectivity index (χ0) is 16.1. The van der Waals surface area contributed by atoms with Gasteiger partial charge in [0.05, 0.1) is 0 Å². The summed E-state index contributed by atoms with van der Waals surface area (Å²) in [6.45, 7) is 8.18. The third-order valence-corrected chi connectivity index (χ3v) is 3.92. The molecule has 0 bridgehead atoms. The summed E-state index contributed by atoms with van der Waals surface area (Å²) in [6, 6.07) is 15.7. The Bertz CT molecular complexity index is 629. The molecule has 0 amide bonds. The molecule has 0 aromatic heterocycles. The molecule has 2 aromatic carbocycles. The van der Waals surface area contributed by atoms with E-state index < -0.39 is 0 Å². The van der Waals surface area contributed by atoms with Crippen molar-refractivity contribution in [3.8, 4) is 11.5 Å². The van der Waals surface area contributed by atoms with Crippen molar-refractivity contribution >= 4 is 5.78 Å². The van der Waals surface area contributed by atoms with Gasteiger partial charge in [0.1, 0.15) is 17.3 Å². The maximum absolute atomic E-state index is 12.3. The molecule has 0 radical (unpaired) electrons. The molecule has 116 valence electrons. The van der Waals surface area contributed by atoms with Gasteiger partial charge in [0, 0.05) is 12.3 Å². The number of carbonyl (C=O) groups is 1. The molecule has 0 N–H and O–H groups in total. The van der Waals surface area contributed by atoms with Crippen LogP contribution in [-0.4, -0.2) is 5.78 Å². The van der Waals surface area contributed by atoms with E-state index in [0.29, 0.717) is 18.1 Å². The Labute approximate surface area is 133 Å². The largest absolute Gasteiger partial charge is 0.457 e. The Balaban J connectivity index is 2.27. The van der Waals surface area contributed by atoms with E-state index in [0.717, 1.165) is 22.6 Å². The monoisotopic (exact) mass is 296 g/mol. The van der Waals surface area contributed by atoms with Gasteiger partial charge in [-0.3, -0.25) is 4.79 Å². The van der Waals surface area contributed by atoms with Crippen LogP contribution in [0.1, 0.15) is 44.2 Å². The topological polar surface area (TPSA) is 26.3 Å². The molecule has 2 heteroatoms. The summed E-state index contributed by atoms with van der Waals surface area (Å²) in [5, 5.41) is 0. The first kappa shape index (κ1) is 16.3. The molecule has 0 saturated heterocycles. The third-order valence-electron chi connectivity index (χ3n) is 3.92. The van der Waals surface area contributed by atoms with Crippen LogP contribution in [0.4, 0.5) is 0 Å². The van der Waals surface area contributed by atoms with Crippen LogP contribution in [0.2, 0.25) is 0 Å². The van der Waals surface area contributed by atoms with Crippen molar-refractivity contribution in [2.75, 3.05) is 0 Å². The van der Waals surface area contributed by atoms with Crippen LogP contribution in [0, 0.1) is 12.8 Å². The van der Waals surface area contributed by atoms with Crippen LogP contribution < -0.4 is 4.74 Å². The van der Waals surface area contributed by atoms with E-state index in [9.17, 15) is 4.79 Å². The predicted octanol–water partition coefficient (Wildman–Crippen LogP) is 5.51. The van der Waals surface area contributed by atoms with Crippen LogP contribution in [-0.2, 0) is 4.79 Å². The van der Waals surface area contributed by atoms with Crippen molar-refractivity contribution in [3.05, 3.63) is 59.7 Å². The van der Waals surface area contributed by atoms with Crippen molar-refractivity contribution < 1.29 is 9.53 Å². The summed E-state index contributed by atoms with van der Waals surface area (Å²) in [4.78, 5) is 12.3. The van der Waals surface area contributed by atoms with E-state index in [4.69, 9.17) is 4.74 Å². The lowest BCUT2D eigenvalue weighted by Gasteiger charge is -2.22. The van der Waals surface area contributed by atoms with Gasteiger partial charge in [0.25, 0.3) is 0 Å². The SMILES string of the molecule is CCC(=O)C(c1ccc(Oc2ccccc2)cc1C)C(C)C. The van der Waals surface area contributed by atoms with E-state index >= 15 is 0 Å². The number of hydrogen-bond acceptors (Lipinski definition) is 2. The number of para-hydroxylation sites is 1. The average molecular weight is 296 g/mol. The average Bonchev–Trinajstić information content (AvgIpc) is 2.50. The fourth-order valence-electron chi connectivity index (χ4n) is 2.81. The Kier molecular flexibility index (Phi) is 5.37. The standard InChI is InChI=1S/C20H24O2/c1-5-19(21)20(14(2)3)18-12-11-17(13-15(18)4)22-16-9-7-6-8-10-16/h6-14,20H,5H2,1-4H3. The highest BCUT2D eigenvalue weighted by molar-refractivity contribution is 5.86. The predicted molar refractivity (Wildman–Crippen MR) is 90.6 cm³/mol. The Morgan fingerprint density at radius 3 is 2.27 bits per heavy atom. The minimum absolute atomic E-state index is 0.0317. The molecule has 0 saturated carbocycles. The molecule has 0 fully saturated rings. The fraction of sp³-hybridized carbons (Fsp3) is 0.350. The lowest BCUT2D eigenvalue weighted by molar-refractivity contribution is -0.121. The highest BCUT2D eigenvalue weighted by atomic mass is 16.5. The normalized spacial score (nSPS) is 12.2. The van der Waals surface area contributed by atoms with Crippen molar-refractivity contribution in [3.63, 3.8) is 0 Å². The van der Waals surface area contributed by atoms with E-state index in [2.05, 4.69) is 13.8 Å². The first-order valence-electron chi connectivity index (χ1n) is 7.89. The number of ether oxygens (including phenoxy) is 1. The zero-order valence-electron chi connectivity index (χ0n) is 13.8. The fourth-order valence-corrected chi connectivity index (χ4v) is 2.81. The van der Waals surface area contributed by atoms with Crippen LogP contribution in [0.15, 0.2) is 48.5 Å². The van der Waals surface area contributed by atoms with E-state index in [-0.39, 0.29) is 5.92 Å². The molecule has 2 rings (SSSR count). The van der Waals surface area contributed by atoms with E-state index in [1.54, 1.807) is 0 Å². The molecule has 1 unspecified atom stereocenters. The quantitative estimate of drug-likeness (QED) is 0.703. The molecule has 0 spiro atoms. The first-order chi connectivity index (χ1) is 10.5. The van der Waals surface area contributed by atoms with Crippen molar-refractivity contribution in [2.24, 2.45) is 5.92 Å². The molecular formula is C20H24O2. The maximum Gasteiger partial charge on any atom is 0.140 e. The van der Waals surface area contributed by atoms with E-state index in [1.165, 1.54) is 0 Å². The maximum atomic E-state index is 12.3. The van der Waals surface area contributed by atoms with Gasteiger partial charge in [-0.25, -0.2) is 0 Å². The number of carbonyl (C=O) groups excluding carboxylic acids is 1. The highest BCUT2D eigenvalue weighted by Gasteiger charge is 2.24. The second kappa shape index (κ2) is 7.26. The number of aryl methyl sites for hydroxylation is 1. The van der Waals surface area contributed by atoms with Gasteiger partial charge in [-0.05, 0) is 48.2 Å². The second-order valence-electron chi connectivity index (χ2n) is 5.98. The number of rotatable bonds is 6. The Morgan fingerprint density at radius 2 is 1.73 bits per heavy atom. The van der Waals surface area contributed by atoms with Gasteiger partial charge in [0.15, 0.2) is 0 Å². The van der Waals surface area contributed by atoms with Crippen LogP contribution in [0.3, 0.4) is 0 Å². The van der Waals surface area contributed by atoms with Gasteiger partial charge in [-0.2, -0.15) is 0 Å².